The largest absolute Gasteiger partial charge is 0.352 e. The SMILES string of the molecule is Cc1ccc(-n2nc(C(=O)NCCc3ccccn3)c(=O)n(Cc3ccccc3F)c2=O)cc1C. The number of rotatable bonds is 7. The zero-order valence-corrected chi connectivity index (χ0v) is 19.4. The standard InChI is InChI=1S/C26H24FN5O3/c1-17-10-11-21(15-18(17)2)32-26(35)31(16-19-7-3-4-9-22(19)27)25(34)23(30-32)24(33)29-14-12-20-8-5-6-13-28-20/h3-11,13,15H,12,14,16H2,1-2H3,(H,29,33). The molecular formula is C26H24FN5O3. The zero-order chi connectivity index (χ0) is 24.9. The number of hydrogen-bond acceptors (Lipinski definition) is 5. The molecule has 0 saturated carbocycles. The van der Waals surface area contributed by atoms with Gasteiger partial charge in [0.1, 0.15) is 5.82 Å². The van der Waals surface area contributed by atoms with E-state index >= 15 is 0 Å². The molecule has 9 heteroatoms. The summed E-state index contributed by atoms with van der Waals surface area (Å²) in [5.41, 5.74) is 1.10. The average molecular weight is 474 g/mol. The van der Waals surface area contributed by atoms with E-state index in [9.17, 15) is 18.8 Å². The van der Waals surface area contributed by atoms with Crippen LogP contribution in [0.4, 0.5) is 4.39 Å². The van der Waals surface area contributed by atoms with Crippen LogP contribution in [-0.2, 0) is 13.0 Å². The van der Waals surface area contributed by atoms with Crippen LogP contribution in [0.25, 0.3) is 5.69 Å². The molecule has 0 atom stereocenters. The van der Waals surface area contributed by atoms with Crippen molar-refractivity contribution in [1.82, 2.24) is 24.6 Å². The molecular weight excluding hydrogens is 449 g/mol. The van der Waals surface area contributed by atoms with Gasteiger partial charge in [-0.05, 0) is 55.3 Å². The minimum absolute atomic E-state index is 0.144. The van der Waals surface area contributed by atoms with Gasteiger partial charge in [-0.2, -0.15) is 9.78 Å². The fourth-order valence-corrected chi connectivity index (χ4v) is 3.55. The maximum Gasteiger partial charge on any atom is 0.352 e. The predicted octanol–water partition coefficient (Wildman–Crippen LogP) is 2.57. The third kappa shape index (κ3) is 5.24. The fraction of sp³-hybridized carbons (Fsp3) is 0.192. The van der Waals surface area contributed by atoms with Gasteiger partial charge in [0.2, 0.25) is 5.69 Å². The molecule has 2 aromatic carbocycles. The zero-order valence-electron chi connectivity index (χ0n) is 19.4. The van der Waals surface area contributed by atoms with Gasteiger partial charge < -0.3 is 5.32 Å². The first-order valence-corrected chi connectivity index (χ1v) is 11.1. The van der Waals surface area contributed by atoms with E-state index in [4.69, 9.17) is 0 Å². The molecule has 4 aromatic rings. The van der Waals surface area contributed by atoms with Crippen molar-refractivity contribution in [1.29, 1.82) is 0 Å². The van der Waals surface area contributed by atoms with Gasteiger partial charge in [-0.25, -0.2) is 9.18 Å². The van der Waals surface area contributed by atoms with E-state index in [1.54, 1.807) is 30.5 Å². The highest BCUT2D eigenvalue weighted by Crippen LogP contribution is 2.12. The Labute approximate surface area is 200 Å². The highest BCUT2D eigenvalue weighted by molar-refractivity contribution is 5.91. The Balaban J connectivity index is 1.75. The first-order valence-electron chi connectivity index (χ1n) is 11.1. The van der Waals surface area contributed by atoms with Crippen LogP contribution < -0.4 is 16.6 Å². The third-order valence-electron chi connectivity index (χ3n) is 5.69. The summed E-state index contributed by atoms with van der Waals surface area (Å²) in [6.45, 7) is 3.68. The first kappa shape index (κ1) is 23.7. The minimum atomic E-state index is -0.895. The van der Waals surface area contributed by atoms with Gasteiger partial charge in [0.05, 0.1) is 12.2 Å². The van der Waals surface area contributed by atoms with Crippen LogP contribution in [0.15, 0.2) is 76.4 Å². The van der Waals surface area contributed by atoms with E-state index in [-0.39, 0.29) is 18.7 Å². The topological polar surface area (TPSA) is 98.9 Å². The molecule has 2 aromatic heterocycles. The maximum absolute atomic E-state index is 14.3. The maximum atomic E-state index is 14.3. The van der Waals surface area contributed by atoms with Crippen molar-refractivity contribution in [2.75, 3.05) is 6.54 Å². The molecule has 4 rings (SSSR count). The van der Waals surface area contributed by atoms with Gasteiger partial charge in [-0.1, -0.05) is 30.3 Å². The number of halogens is 1. The quantitative estimate of drug-likeness (QED) is 0.445. The number of nitrogens with zero attached hydrogens (tertiary/aromatic N) is 4. The molecule has 2 heterocycles. The van der Waals surface area contributed by atoms with Crippen molar-refractivity contribution >= 4 is 5.91 Å². The molecule has 0 spiro atoms. The number of hydrogen-bond donors (Lipinski definition) is 1. The summed E-state index contributed by atoms with van der Waals surface area (Å²) in [6.07, 6.45) is 2.10. The Hall–Kier alpha value is -4.40. The summed E-state index contributed by atoms with van der Waals surface area (Å²) >= 11 is 0. The lowest BCUT2D eigenvalue weighted by atomic mass is 10.1. The van der Waals surface area contributed by atoms with Crippen LogP contribution in [0.5, 0.6) is 0 Å². The minimum Gasteiger partial charge on any atom is -0.350 e. The van der Waals surface area contributed by atoms with E-state index in [0.717, 1.165) is 26.1 Å². The second-order valence-electron chi connectivity index (χ2n) is 8.12. The number of aryl methyl sites for hydroxylation is 2. The Morgan fingerprint density at radius 1 is 1.00 bits per heavy atom. The molecule has 1 N–H and O–H groups in total. The molecule has 0 aliphatic heterocycles. The summed E-state index contributed by atoms with van der Waals surface area (Å²) in [5.74, 6) is -1.29. The summed E-state index contributed by atoms with van der Waals surface area (Å²) in [7, 11) is 0. The Morgan fingerprint density at radius 2 is 1.77 bits per heavy atom. The van der Waals surface area contributed by atoms with Gasteiger partial charge in [0, 0.05) is 30.4 Å². The number of carbonyl (C=O) groups excluding carboxylic acids is 1. The van der Waals surface area contributed by atoms with Gasteiger partial charge in [0.25, 0.3) is 11.5 Å². The van der Waals surface area contributed by atoms with Crippen molar-refractivity contribution in [2.45, 2.75) is 26.8 Å². The smallest absolute Gasteiger partial charge is 0.350 e. The van der Waals surface area contributed by atoms with Gasteiger partial charge in [0.15, 0.2) is 0 Å². The van der Waals surface area contributed by atoms with Gasteiger partial charge >= 0.3 is 5.69 Å². The Morgan fingerprint density at radius 3 is 2.49 bits per heavy atom. The van der Waals surface area contributed by atoms with E-state index in [1.807, 2.05) is 32.0 Å². The van der Waals surface area contributed by atoms with Crippen LogP contribution in [0, 0.1) is 19.7 Å². The van der Waals surface area contributed by atoms with Gasteiger partial charge in [-0.15, -0.1) is 0 Å². The normalized spacial score (nSPS) is 10.8. The molecule has 0 aliphatic carbocycles. The Bertz CT molecular complexity index is 1500. The van der Waals surface area contributed by atoms with Crippen LogP contribution in [0.1, 0.15) is 32.9 Å². The number of pyridine rings is 1. The molecule has 35 heavy (non-hydrogen) atoms. The second-order valence-corrected chi connectivity index (χ2v) is 8.12. The number of benzene rings is 2. The molecule has 0 saturated heterocycles. The van der Waals surface area contributed by atoms with Crippen LogP contribution >= 0.6 is 0 Å². The molecule has 178 valence electrons. The summed E-state index contributed by atoms with van der Waals surface area (Å²) in [6, 6.07) is 16.5. The van der Waals surface area contributed by atoms with E-state index in [1.165, 1.54) is 18.2 Å². The lowest BCUT2D eigenvalue weighted by Gasteiger charge is -2.13. The van der Waals surface area contributed by atoms with E-state index in [0.29, 0.717) is 12.1 Å². The summed E-state index contributed by atoms with van der Waals surface area (Å²) < 4.78 is 16.2. The Kier molecular flexibility index (Phi) is 6.96. The summed E-state index contributed by atoms with van der Waals surface area (Å²) in [5, 5.41) is 6.78. The molecule has 0 aliphatic rings. The predicted molar refractivity (Wildman–Crippen MR) is 129 cm³/mol. The van der Waals surface area contributed by atoms with E-state index in [2.05, 4.69) is 15.4 Å². The molecule has 0 radical (unpaired) electrons. The van der Waals surface area contributed by atoms with Crippen molar-refractivity contribution in [3.8, 4) is 5.69 Å². The third-order valence-corrected chi connectivity index (χ3v) is 5.69. The monoisotopic (exact) mass is 473 g/mol. The average Bonchev–Trinajstić information content (AvgIpc) is 2.85. The molecule has 8 nitrogen and oxygen atoms in total. The van der Waals surface area contributed by atoms with Crippen molar-refractivity contribution in [2.24, 2.45) is 0 Å². The van der Waals surface area contributed by atoms with Crippen molar-refractivity contribution < 1.29 is 9.18 Å². The molecule has 0 unspecified atom stereocenters. The highest BCUT2D eigenvalue weighted by Gasteiger charge is 2.21. The lowest BCUT2D eigenvalue weighted by Crippen LogP contribution is -2.46. The highest BCUT2D eigenvalue weighted by atomic mass is 19.1. The van der Waals surface area contributed by atoms with Gasteiger partial charge in [-0.3, -0.25) is 19.1 Å². The van der Waals surface area contributed by atoms with Crippen molar-refractivity contribution in [3.63, 3.8) is 0 Å². The van der Waals surface area contributed by atoms with Crippen LogP contribution in [0.3, 0.4) is 0 Å². The first-order chi connectivity index (χ1) is 16.8. The lowest BCUT2D eigenvalue weighted by molar-refractivity contribution is 0.0944. The fourth-order valence-electron chi connectivity index (χ4n) is 3.55. The van der Waals surface area contributed by atoms with Crippen LogP contribution in [0.2, 0.25) is 0 Å². The number of carbonyl (C=O) groups is 1. The molecule has 0 fully saturated rings. The van der Waals surface area contributed by atoms with Crippen LogP contribution in [-0.4, -0.2) is 31.8 Å². The number of nitrogens with one attached hydrogen (secondary N) is 1. The molecule has 0 bridgehead atoms. The second kappa shape index (κ2) is 10.3. The van der Waals surface area contributed by atoms with E-state index < -0.39 is 28.7 Å². The summed E-state index contributed by atoms with van der Waals surface area (Å²) in [4.78, 5) is 43.6. The number of amides is 1. The molecule has 1 amide bonds. The van der Waals surface area contributed by atoms with Crippen molar-refractivity contribution in [3.05, 3.63) is 122 Å². The number of aromatic nitrogens is 4.